The van der Waals surface area contributed by atoms with E-state index in [0.717, 1.165) is 33.7 Å². The van der Waals surface area contributed by atoms with E-state index >= 15 is 0 Å². The number of anilines is 1. The number of aryl methyl sites for hydroxylation is 2. The van der Waals surface area contributed by atoms with Gasteiger partial charge in [0.1, 0.15) is 12.6 Å². The molecule has 7 nitrogen and oxygen atoms in total. The van der Waals surface area contributed by atoms with Crippen LogP contribution in [0.3, 0.4) is 0 Å². The van der Waals surface area contributed by atoms with Crippen LogP contribution in [0.4, 0.5) is 5.69 Å². The fourth-order valence-corrected chi connectivity index (χ4v) is 4.51. The van der Waals surface area contributed by atoms with Crippen LogP contribution >= 0.6 is 0 Å². The number of rotatable bonds is 11. The molecule has 0 unspecified atom stereocenters. The highest BCUT2D eigenvalue weighted by Crippen LogP contribution is 2.21. The molecule has 0 radical (unpaired) electrons. The van der Waals surface area contributed by atoms with E-state index < -0.39 is 22.0 Å². The van der Waals surface area contributed by atoms with Crippen LogP contribution in [0.15, 0.2) is 48.5 Å². The first kappa shape index (κ1) is 27.4. The molecular weight excluding hydrogens is 450 g/mol. The summed E-state index contributed by atoms with van der Waals surface area (Å²) in [6, 6.07) is 13.9. The quantitative estimate of drug-likeness (QED) is 0.522. The van der Waals surface area contributed by atoms with Crippen LogP contribution in [0.2, 0.25) is 0 Å². The molecule has 0 bridgehead atoms. The van der Waals surface area contributed by atoms with Crippen molar-refractivity contribution in [2.45, 2.75) is 66.1 Å². The van der Waals surface area contributed by atoms with Gasteiger partial charge < -0.3 is 10.2 Å². The summed E-state index contributed by atoms with van der Waals surface area (Å²) in [6.45, 7) is 9.44. The number of hydrogen-bond donors (Lipinski definition) is 1. The largest absolute Gasteiger partial charge is 0.352 e. The zero-order valence-electron chi connectivity index (χ0n) is 21.0. The second-order valence-corrected chi connectivity index (χ2v) is 10.7. The first-order valence-corrected chi connectivity index (χ1v) is 13.5. The molecule has 0 aliphatic heterocycles. The molecule has 0 aliphatic rings. The number of sulfonamides is 1. The van der Waals surface area contributed by atoms with Crippen LogP contribution in [-0.4, -0.2) is 50.0 Å². The van der Waals surface area contributed by atoms with E-state index in [0.29, 0.717) is 12.1 Å². The lowest BCUT2D eigenvalue weighted by atomic mass is 10.1. The highest BCUT2D eigenvalue weighted by atomic mass is 32.2. The normalized spacial score (nSPS) is 13.1. The van der Waals surface area contributed by atoms with Crippen molar-refractivity contribution in [3.63, 3.8) is 0 Å². The smallest absolute Gasteiger partial charge is 0.244 e. The number of amides is 2. The Labute approximate surface area is 204 Å². The van der Waals surface area contributed by atoms with Gasteiger partial charge in [0.25, 0.3) is 0 Å². The van der Waals surface area contributed by atoms with Crippen molar-refractivity contribution >= 4 is 27.5 Å². The SMILES string of the molecule is CC[C@@H](C)NC(=O)[C@@H](CC)N(Cc1ccccc1C)C(=O)CN(c1ccc(C)cc1)S(C)(=O)=O. The van der Waals surface area contributed by atoms with E-state index in [-0.39, 0.29) is 25.0 Å². The van der Waals surface area contributed by atoms with Crippen molar-refractivity contribution in [1.82, 2.24) is 10.2 Å². The van der Waals surface area contributed by atoms with Crippen molar-refractivity contribution in [1.29, 1.82) is 0 Å². The average Bonchev–Trinajstić information content (AvgIpc) is 2.78. The summed E-state index contributed by atoms with van der Waals surface area (Å²) in [5.74, 6) is -0.666. The van der Waals surface area contributed by atoms with Crippen LogP contribution < -0.4 is 9.62 Å². The molecule has 34 heavy (non-hydrogen) atoms. The molecule has 2 atom stereocenters. The summed E-state index contributed by atoms with van der Waals surface area (Å²) in [4.78, 5) is 28.3. The van der Waals surface area contributed by atoms with Gasteiger partial charge in [-0.1, -0.05) is 55.8 Å². The topological polar surface area (TPSA) is 86.8 Å². The van der Waals surface area contributed by atoms with Crippen LogP contribution in [0.1, 0.15) is 50.3 Å². The number of nitrogens with one attached hydrogen (secondary N) is 1. The molecule has 0 saturated heterocycles. The minimum atomic E-state index is -3.73. The molecule has 186 valence electrons. The van der Waals surface area contributed by atoms with Gasteiger partial charge in [0.05, 0.1) is 11.9 Å². The third-order valence-corrected chi connectivity index (χ3v) is 7.13. The molecule has 0 aliphatic carbocycles. The fourth-order valence-electron chi connectivity index (χ4n) is 3.66. The highest BCUT2D eigenvalue weighted by Gasteiger charge is 2.32. The molecule has 0 fully saturated rings. The average molecular weight is 488 g/mol. The van der Waals surface area contributed by atoms with Gasteiger partial charge in [-0.25, -0.2) is 8.42 Å². The number of benzene rings is 2. The van der Waals surface area contributed by atoms with Crippen molar-refractivity contribution < 1.29 is 18.0 Å². The third-order valence-electron chi connectivity index (χ3n) is 5.99. The Morgan fingerprint density at radius 3 is 2.12 bits per heavy atom. The first-order valence-electron chi connectivity index (χ1n) is 11.7. The molecular formula is C26H37N3O4S. The Bertz CT molecular complexity index is 1080. The molecule has 2 rings (SSSR count). The molecule has 0 spiro atoms. The molecule has 2 aromatic carbocycles. The second-order valence-electron chi connectivity index (χ2n) is 8.80. The van der Waals surface area contributed by atoms with Gasteiger partial charge in [-0.2, -0.15) is 0 Å². The van der Waals surface area contributed by atoms with Gasteiger partial charge >= 0.3 is 0 Å². The van der Waals surface area contributed by atoms with Gasteiger partial charge in [-0.05, 0) is 56.9 Å². The molecule has 2 amide bonds. The summed E-state index contributed by atoms with van der Waals surface area (Å²) < 4.78 is 26.3. The zero-order chi connectivity index (χ0) is 25.5. The summed E-state index contributed by atoms with van der Waals surface area (Å²) in [5, 5.41) is 2.97. The molecule has 0 heterocycles. The van der Waals surface area contributed by atoms with Gasteiger partial charge in [0.2, 0.25) is 21.8 Å². The van der Waals surface area contributed by atoms with Gasteiger partial charge in [-0.3, -0.25) is 13.9 Å². The minimum absolute atomic E-state index is 0.0305. The van der Waals surface area contributed by atoms with E-state index in [1.807, 2.05) is 58.9 Å². The monoisotopic (exact) mass is 487 g/mol. The van der Waals surface area contributed by atoms with Crippen LogP contribution in [0, 0.1) is 13.8 Å². The van der Waals surface area contributed by atoms with Crippen LogP contribution in [-0.2, 0) is 26.2 Å². The van der Waals surface area contributed by atoms with Crippen molar-refractivity contribution in [2.24, 2.45) is 0 Å². The van der Waals surface area contributed by atoms with Crippen LogP contribution in [0.25, 0.3) is 0 Å². The number of carbonyl (C=O) groups excluding carboxylic acids is 2. The molecule has 0 saturated carbocycles. The van der Waals surface area contributed by atoms with E-state index in [2.05, 4.69) is 5.32 Å². The predicted molar refractivity (Wildman–Crippen MR) is 137 cm³/mol. The van der Waals surface area contributed by atoms with E-state index in [1.165, 1.54) is 4.90 Å². The lowest BCUT2D eigenvalue weighted by molar-refractivity contribution is -0.140. The van der Waals surface area contributed by atoms with E-state index in [1.54, 1.807) is 24.3 Å². The van der Waals surface area contributed by atoms with Crippen LogP contribution in [0.5, 0.6) is 0 Å². The summed E-state index contributed by atoms with van der Waals surface area (Å²) in [7, 11) is -3.73. The molecule has 0 aromatic heterocycles. The van der Waals surface area contributed by atoms with Crippen molar-refractivity contribution in [2.75, 3.05) is 17.1 Å². The van der Waals surface area contributed by atoms with Gasteiger partial charge in [-0.15, -0.1) is 0 Å². The lowest BCUT2D eigenvalue weighted by Gasteiger charge is -2.33. The summed E-state index contributed by atoms with van der Waals surface area (Å²) >= 11 is 0. The van der Waals surface area contributed by atoms with Gasteiger partial charge in [0.15, 0.2) is 0 Å². The van der Waals surface area contributed by atoms with Crippen molar-refractivity contribution in [3.8, 4) is 0 Å². The minimum Gasteiger partial charge on any atom is -0.352 e. The molecule has 1 N–H and O–H groups in total. The first-order chi connectivity index (χ1) is 16.0. The highest BCUT2D eigenvalue weighted by molar-refractivity contribution is 7.92. The maximum atomic E-state index is 13.7. The number of hydrogen-bond acceptors (Lipinski definition) is 4. The maximum Gasteiger partial charge on any atom is 0.244 e. The van der Waals surface area contributed by atoms with E-state index in [4.69, 9.17) is 0 Å². The lowest BCUT2D eigenvalue weighted by Crippen LogP contribution is -2.53. The number of carbonyl (C=O) groups is 2. The number of nitrogens with zero attached hydrogens (tertiary/aromatic N) is 2. The van der Waals surface area contributed by atoms with Crippen molar-refractivity contribution in [3.05, 3.63) is 65.2 Å². The van der Waals surface area contributed by atoms with Gasteiger partial charge in [0, 0.05) is 12.6 Å². The maximum absolute atomic E-state index is 13.7. The second kappa shape index (κ2) is 12.0. The Kier molecular flexibility index (Phi) is 9.67. The fraction of sp³-hybridized carbons (Fsp3) is 0.462. The Hall–Kier alpha value is -2.87. The Morgan fingerprint density at radius 2 is 1.59 bits per heavy atom. The summed E-state index contributed by atoms with van der Waals surface area (Å²) in [5.41, 5.74) is 3.30. The third kappa shape index (κ3) is 7.32. The summed E-state index contributed by atoms with van der Waals surface area (Å²) in [6.07, 6.45) is 2.26. The standard InChI is InChI=1S/C26H37N3O4S/c1-7-21(5)27-26(31)24(8-2)28(17-22-12-10-9-11-20(22)4)25(30)18-29(34(6,32)33)23-15-13-19(3)14-16-23/h9-16,21,24H,7-8,17-18H2,1-6H3,(H,27,31)/t21-,24-/m1/s1. The zero-order valence-corrected chi connectivity index (χ0v) is 21.9. The Morgan fingerprint density at radius 1 is 0.971 bits per heavy atom. The molecule has 8 heteroatoms. The Balaban J connectivity index is 2.44. The predicted octanol–water partition coefficient (Wildman–Crippen LogP) is 3.79. The molecule has 2 aromatic rings. The van der Waals surface area contributed by atoms with E-state index in [9.17, 15) is 18.0 Å².